The van der Waals surface area contributed by atoms with Crippen LogP contribution in [0.2, 0.25) is 0 Å². The van der Waals surface area contributed by atoms with Crippen LogP contribution in [0.3, 0.4) is 0 Å². The van der Waals surface area contributed by atoms with E-state index < -0.39 is 10.0 Å². The molecular formula is C15H23NO4S. The minimum absolute atomic E-state index is 0.0236. The molecule has 0 atom stereocenters. The standard InChI is InChI=1S/C15H23NO4S/c1-4-12(5-2)15(18)13-6-8-14(9-7-13)21(19,20)16(3)10-11-17/h6-9,12,17H,4-5,10-11H2,1-3H3. The molecule has 0 aliphatic carbocycles. The van der Waals surface area contributed by atoms with Crippen molar-refractivity contribution >= 4 is 15.8 Å². The molecule has 5 nitrogen and oxygen atoms in total. The van der Waals surface area contributed by atoms with E-state index in [2.05, 4.69) is 0 Å². The zero-order valence-electron chi connectivity index (χ0n) is 12.7. The summed E-state index contributed by atoms with van der Waals surface area (Å²) in [5, 5.41) is 8.83. The van der Waals surface area contributed by atoms with Gasteiger partial charge < -0.3 is 5.11 Å². The van der Waals surface area contributed by atoms with Gasteiger partial charge in [-0.1, -0.05) is 26.0 Å². The number of aliphatic hydroxyl groups excluding tert-OH is 1. The molecule has 0 spiro atoms. The Morgan fingerprint density at radius 2 is 1.71 bits per heavy atom. The van der Waals surface area contributed by atoms with Crippen molar-refractivity contribution in [2.75, 3.05) is 20.2 Å². The molecule has 0 fully saturated rings. The van der Waals surface area contributed by atoms with Gasteiger partial charge in [-0.05, 0) is 25.0 Å². The number of ketones is 1. The van der Waals surface area contributed by atoms with Crippen LogP contribution < -0.4 is 0 Å². The van der Waals surface area contributed by atoms with E-state index in [-0.39, 0.29) is 29.7 Å². The number of carbonyl (C=O) groups is 1. The summed E-state index contributed by atoms with van der Waals surface area (Å²) in [4.78, 5) is 12.3. The zero-order valence-corrected chi connectivity index (χ0v) is 13.6. The molecule has 1 rings (SSSR count). The summed E-state index contributed by atoms with van der Waals surface area (Å²) in [6.07, 6.45) is 1.54. The highest BCUT2D eigenvalue weighted by molar-refractivity contribution is 7.89. The highest BCUT2D eigenvalue weighted by atomic mass is 32.2. The molecular weight excluding hydrogens is 290 g/mol. The van der Waals surface area contributed by atoms with Gasteiger partial charge in [0.05, 0.1) is 11.5 Å². The lowest BCUT2D eigenvalue weighted by Crippen LogP contribution is -2.29. The second-order valence-electron chi connectivity index (χ2n) is 4.95. The third kappa shape index (κ3) is 4.12. The molecule has 21 heavy (non-hydrogen) atoms. The predicted octanol–water partition coefficient (Wildman–Crippen LogP) is 1.92. The van der Waals surface area contributed by atoms with Crippen LogP contribution in [0.4, 0.5) is 0 Å². The van der Waals surface area contributed by atoms with Crippen molar-refractivity contribution in [1.29, 1.82) is 0 Å². The van der Waals surface area contributed by atoms with E-state index in [1.54, 1.807) is 12.1 Å². The number of likely N-dealkylation sites (N-methyl/N-ethyl adjacent to an activating group) is 1. The Labute approximate surface area is 126 Å². The van der Waals surface area contributed by atoms with Crippen LogP contribution in [0, 0.1) is 5.92 Å². The maximum absolute atomic E-state index is 12.2. The third-order valence-corrected chi connectivity index (χ3v) is 5.49. The van der Waals surface area contributed by atoms with E-state index in [0.29, 0.717) is 5.56 Å². The Morgan fingerprint density at radius 1 is 1.19 bits per heavy atom. The molecule has 1 aromatic carbocycles. The predicted molar refractivity (Wildman–Crippen MR) is 81.7 cm³/mol. The van der Waals surface area contributed by atoms with Crippen LogP contribution in [-0.4, -0.2) is 43.8 Å². The maximum atomic E-state index is 12.2. The fourth-order valence-electron chi connectivity index (χ4n) is 2.13. The van der Waals surface area contributed by atoms with Gasteiger partial charge in [-0.3, -0.25) is 4.79 Å². The third-order valence-electron chi connectivity index (χ3n) is 3.62. The molecule has 0 saturated carbocycles. The molecule has 0 unspecified atom stereocenters. The second kappa shape index (κ2) is 7.68. The number of nitrogens with zero attached hydrogens (tertiary/aromatic N) is 1. The molecule has 0 bridgehead atoms. The fraction of sp³-hybridized carbons (Fsp3) is 0.533. The van der Waals surface area contributed by atoms with Gasteiger partial charge in [0.15, 0.2) is 5.78 Å². The maximum Gasteiger partial charge on any atom is 0.242 e. The lowest BCUT2D eigenvalue weighted by Gasteiger charge is -2.16. The van der Waals surface area contributed by atoms with Crippen molar-refractivity contribution in [3.8, 4) is 0 Å². The average molecular weight is 313 g/mol. The Balaban J connectivity index is 3.00. The van der Waals surface area contributed by atoms with Gasteiger partial charge in [-0.15, -0.1) is 0 Å². The van der Waals surface area contributed by atoms with E-state index in [1.165, 1.54) is 19.2 Å². The monoisotopic (exact) mass is 313 g/mol. The van der Waals surface area contributed by atoms with Gasteiger partial charge in [0, 0.05) is 25.1 Å². The minimum atomic E-state index is -3.61. The Kier molecular flexibility index (Phi) is 6.51. The fourth-order valence-corrected chi connectivity index (χ4v) is 3.29. The Bertz CT molecular complexity index is 562. The number of benzene rings is 1. The zero-order chi connectivity index (χ0) is 16.0. The average Bonchev–Trinajstić information content (AvgIpc) is 2.48. The number of rotatable bonds is 8. The smallest absolute Gasteiger partial charge is 0.242 e. The van der Waals surface area contributed by atoms with Crippen molar-refractivity contribution < 1.29 is 18.3 Å². The number of sulfonamides is 1. The van der Waals surface area contributed by atoms with E-state index in [1.807, 2.05) is 13.8 Å². The van der Waals surface area contributed by atoms with Crippen LogP contribution in [-0.2, 0) is 10.0 Å². The quantitative estimate of drug-likeness (QED) is 0.744. The lowest BCUT2D eigenvalue weighted by atomic mass is 9.93. The van der Waals surface area contributed by atoms with Gasteiger partial charge in [-0.2, -0.15) is 4.31 Å². The number of hydrogen-bond donors (Lipinski definition) is 1. The highest BCUT2D eigenvalue weighted by Gasteiger charge is 2.21. The molecule has 0 aliphatic heterocycles. The van der Waals surface area contributed by atoms with E-state index in [9.17, 15) is 13.2 Å². The normalized spacial score (nSPS) is 12.1. The van der Waals surface area contributed by atoms with E-state index >= 15 is 0 Å². The largest absolute Gasteiger partial charge is 0.395 e. The highest BCUT2D eigenvalue weighted by Crippen LogP contribution is 2.19. The summed E-state index contributed by atoms with van der Waals surface area (Å²) in [6, 6.07) is 6.00. The molecule has 0 amide bonds. The molecule has 0 heterocycles. The molecule has 0 radical (unpaired) electrons. The minimum Gasteiger partial charge on any atom is -0.395 e. The van der Waals surface area contributed by atoms with Crippen molar-refractivity contribution in [3.63, 3.8) is 0 Å². The van der Waals surface area contributed by atoms with Crippen LogP contribution >= 0.6 is 0 Å². The van der Waals surface area contributed by atoms with Gasteiger partial charge in [0.1, 0.15) is 0 Å². The molecule has 118 valence electrons. The number of Topliss-reactive ketones (excluding diaryl/α,β-unsaturated/α-hetero) is 1. The van der Waals surface area contributed by atoms with Crippen LogP contribution in [0.5, 0.6) is 0 Å². The van der Waals surface area contributed by atoms with Gasteiger partial charge in [-0.25, -0.2) is 8.42 Å². The lowest BCUT2D eigenvalue weighted by molar-refractivity contribution is 0.0913. The molecule has 0 aromatic heterocycles. The molecule has 1 N–H and O–H groups in total. The number of carbonyl (C=O) groups excluding carboxylic acids is 1. The summed E-state index contributed by atoms with van der Waals surface area (Å²) in [5.74, 6) is 0.0252. The summed E-state index contributed by atoms with van der Waals surface area (Å²) in [6.45, 7) is 3.74. The number of aliphatic hydroxyl groups is 1. The van der Waals surface area contributed by atoms with Crippen molar-refractivity contribution in [2.45, 2.75) is 31.6 Å². The van der Waals surface area contributed by atoms with Gasteiger partial charge in [0.2, 0.25) is 10.0 Å². The summed E-state index contributed by atoms with van der Waals surface area (Å²) >= 11 is 0. The molecule has 6 heteroatoms. The van der Waals surface area contributed by atoms with Crippen LogP contribution in [0.25, 0.3) is 0 Å². The first-order valence-electron chi connectivity index (χ1n) is 7.09. The Hall–Kier alpha value is -1.24. The van der Waals surface area contributed by atoms with Crippen molar-refractivity contribution in [1.82, 2.24) is 4.31 Å². The SMILES string of the molecule is CCC(CC)C(=O)c1ccc(S(=O)(=O)N(C)CCO)cc1. The van der Waals surface area contributed by atoms with Gasteiger partial charge >= 0.3 is 0 Å². The van der Waals surface area contributed by atoms with Crippen molar-refractivity contribution in [2.24, 2.45) is 5.92 Å². The first kappa shape index (κ1) is 17.8. The van der Waals surface area contributed by atoms with Crippen molar-refractivity contribution in [3.05, 3.63) is 29.8 Å². The second-order valence-corrected chi connectivity index (χ2v) is 7.00. The molecule has 0 aliphatic rings. The van der Waals surface area contributed by atoms with Gasteiger partial charge in [0.25, 0.3) is 0 Å². The van der Waals surface area contributed by atoms with Crippen LogP contribution in [0.1, 0.15) is 37.0 Å². The molecule has 1 aromatic rings. The number of hydrogen-bond acceptors (Lipinski definition) is 4. The van der Waals surface area contributed by atoms with E-state index in [4.69, 9.17) is 5.11 Å². The summed E-state index contributed by atoms with van der Waals surface area (Å²) < 4.78 is 25.4. The van der Waals surface area contributed by atoms with E-state index in [0.717, 1.165) is 17.1 Å². The molecule has 0 saturated heterocycles. The topological polar surface area (TPSA) is 74.7 Å². The Morgan fingerprint density at radius 3 is 2.14 bits per heavy atom. The summed E-state index contributed by atoms with van der Waals surface area (Å²) in [5.41, 5.74) is 0.535. The first-order valence-corrected chi connectivity index (χ1v) is 8.53. The van der Waals surface area contributed by atoms with Crippen LogP contribution in [0.15, 0.2) is 29.2 Å². The first-order chi connectivity index (χ1) is 9.88. The summed E-state index contributed by atoms with van der Waals surface area (Å²) in [7, 11) is -2.20.